The van der Waals surface area contributed by atoms with Gasteiger partial charge in [-0.15, -0.1) is 0 Å². The molecule has 2 N–H and O–H groups in total. The molecule has 0 aromatic carbocycles. The van der Waals surface area contributed by atoms with Crippen LogP contribution in [0.25, 0.3) is 0 Å². The number of rotatable bonds is 1. The largest absolute Gasteiger partial charge is 0.465 e. The highest BCUT2D eigenvalue weighted by molar-refractivity contribution is 5.66. The summed E-state index contributed by atoms with van der Waals surface area (Å²) >= 11 is 0. The fourth-order valence-electron chi connectivity index (χ4n) is 3.44. The van der Waals surface area contributed by atoms with Crippen molar-refractivity contribution in [2.75, 3.05) is 0 Å². The maximum absolute atomic E-state index is 11.6. The van der Waals surface area contributed by atoms with Crippen LogP contribution in [0, 0.1) is 0 Å². The predicted molar refractivity (Wildman–Crippen MR) is 73.9 cm³/mol. The van der Waals surface area contributed by atoms with E-state index in [0.29, 0.717) is 0 Å². The van der Waals surface area contributed by atoms with Crippen LogP contribution >= 0.6 is 0 Å². The maximum atomic E-state index is 11.6. The van der Waals surface area contributed by atoms with Gasteiger partial charge in [0.05, 0.1) is 0 Å². The summed E-state index contributed by atoms with van der Waals surface area (Å²) in [6.07, 6.45) is 0.876. The van der Waals surface area contributed by atoms with Crippen molar-refractivity contribution in [1.82, 2.24) is 10.2 Å². The minimum Gasteiger partial charge on any atom is -0.465 e. The van der Waals surface area contributed by atoms with E-state index in [-0.39, 0.29) is 22.7 Å². The lowest BCUT2D eigenvalue weighted by Crippen LogP contribution is -2.65. The van der Waals surface area contributed by atoms with E-state index >= 15 is 0 Å². The van der Waals surface area contributed by atoms with Crippen molar-refractivity contribution >= 4 is 6.09 Å². The quantitative estimate of drug-likeness (QED) is 0.758. The van der Waals surface area contributed by atoms with Crippen LogP contribution in [0.1, 0.15) is 61.3 Å². The highest BCUT2D eigenvalue weighted by Gasteiger charge is 2.44. The second-order valence-corrected chi connectivity index (χ2v) is 7.78. The van der Waals surface area contributed by atoms with Crippen molar-refractivity contribution < 1.29 is 9.90 Å². The molecule has 0 aromatic rings. The Kier molecular flexibility index (Phi) is 3.74. The fourth-order valence-corrected chi connectivity index (χ4v) is 3.44. The molecule has 4 nitrogen and oxygen atoms in total. The molecule has 106 valence electrons. The van der Waals surface area contributed by atoms with Crippen molar-refractivity contribution in [3.8, 4) is 0 Å². The summed E-state index contributed by atoms with van der Waals surface area (Å²) in [5.74, 6) is 0. The van der Waals surface area contributed by atoms with E-state index in [1.165, 1.54) is 0 Å². The first-order valence-corrected chi connectivity index (χ1v) is 6.66. The van der Waals surface area contributed by atoms with Gasteiger partial charge in [0, 0.05) is 22.7 Å². The number of nitrogens with zero attached hydrogens (tertiary/aromatic N) is 1. The normalized spacial score (nSPS) is 23.7. The number of hydrogen-bond acceptors (Lipinski definition) is 2. The standard InChI is InChI=1S/C14H28N2O2/c1-12(2,3)16(11(17)18)10-8-13(4,5)15-14(6,7)9-10/h10,15H,8-9H2,1-7H3,(H,17,18). The molecule has 18 heavy (non-hydrogen) atoms. The third-order valence-electron chi connectivity index (χ3n) is 3.46. The summed E-state index contributed by atoms with van der Waals surface area (Å²) in [5, 5.41) is 13.1. The molecule has 0 aromatic heterocycles. The number of piperidine rings is 1. The van der Waals surface area contributed by atoms with Gasteiger partial charge in [0.1, 0.15) is 0 Å². The molecule has 1 aliphatic rings. The summed E-state index contributed by atoms with van der Waals surface area (Å²) in [5.41, 5.74) is -0.434. The van der Waals surface area contributed by atoms with E-state index in [0.717, 1.165) is 12.8 Å². The van der Waals surface area contributed by atoms with Crippen molar-refractivity contribution in [3.05, 3.63) is 0 Å². The minimum absolute atomic E-state index is 0.0363. The van der Waals surface area contributed by atoms with Crippen molar-refractivity contribution in [2.45, 2.75) is 84.0 Å². The first-order valence-electron chi connectivity index (χ1n) is 6.66. The molecule has 0 radical (unpaired) electrons. The van der Waals surface area contributed by atoms with E-state index in [9.17, 15) is 9.90 Å². The zero-order valence-electron chi connectivity index (χ0n) is 12.8. The second kappa shape index (κ2) is 4.41. The average molecular weight is 256 g/mol. The van der Waals surface area contributed by atoms with Gasteiger partial charge in [-0.25, -0.2) is 4.79 Å². The van der Waals surface area contributed by atoms with Gasteiger partial charge in [-0.1, -0.05) is 0 Å². The van der Waals surface area contributed by atoms with Crippen LogP contribution in [0.5, 0.6) is 0 Å². The van der Waals surface area contributed by atoms with Crippen LogP contribution in [0.4, 0.5) is 4.79 Å². The Labute approximate surface area is 111 Å². The molecule has 1 fully saturated rings. The molecule has 1 saturated heterocycles. The molecule has 0 atom stereocenters. The minimum atomic E-state index is -0.819. The van der Waals surface area contributed by atoms with Crippen LogP contribution in [-0.2, 0) is 0 Å². The molecule has 1 aliphatic heterocycles. The van der Waals surface area contributed by atoms with E-state index in [1.54, 1.807) is 4.90 Å². The molecule has 0 unspecified atom stereocenters. The Hall–Kier alpha value is -0.770. The molecule has 1 rings (SSSR count). The second-order valence-electron chi connectivity index (χ2n) is 7.78. The molecular weight excluding hydrogens is 228 g/mol. The zero-order chi connectivity index (χ0) is 14.4. The predicted octanol–water partition coefficient (Wildman–Crippen LogP) is 3.07. The number of amides is 1. The zero-order valence-corrected chi connectivity index (χ0v) is 12.8. The third kappa shape index (κ3) is 3.61. The van der Waals surface area contributed by atoms with E-state index in [4.69, 9.17) is 0 Å². The Morgan fingerprint density at radius 2 is 1.56 bits per heavy atom. The van der Waals surface area contributed by atoms with Crippen LogP contribution < -0.4 is 5.32 Å². The monoisotopic (exact) mass is 256 g/mol. The highest BCUT2D eigenvalue weighted by atomic mass is 16.4. The van der Waals surface area contributed by atoms with E-state index in [1.807, 2.05) is 20.8 Å². The van der Waals surface area contributed by atoms with Crippen LogP contribution in [0.3, 0.4) is 0 Å². The lowest BCUT2D eigenvalue weighted by atomic mass is 9.78. The molecule has 1 heterocycles. The van der Waals surface area contributed by atoms with Crippen LogP contribution in [0.2, 0.25) is 0 Å². The number of nitrogens with one attached hydrogen (secondary N) is 1. The Bertz CT molecular complexity index is 313. The van der Waals surface area contributed by atoms with E-state index < -0.39 is 6.09 Å². The topological polar surface area (TPSA) is 52.6 Å². The Morgan fingerprint density at radius 3 is 1.83 bits per heavy atom. The Morgan fingerprint density at radius 1 is 1.17 bits per heavy atom. The summed E-state index contributed by atoms with van der Waals surface area (Å²) < 4.78 is 0. The SMILES string of the molecule is CC1(C)CC(N(C(=O)O)C(C)(C)C)CC(C)(C)N1. The smallest absolute Gasteiger partial charge is 0.407 e. The van der Waals surface area contributed by atoms with Gasteiger partial charge in [-0.3, -0.25) is 0 Å². The van der Waals surface area contributed by atoms with Gasteiger partial charge >= 0.3 is 6.09 Å². The highest BCUT2D eigenvalue weighted by Crippen LogP contribution is 2.34. The summed E-state index contributed by atoms with van der Waals surface area (Å²) in [6.45, 7) is 14.5. The summed E-state index contributed by atoms with van der Waals surface area (Å²) in [4.78, 5) is 13.2. The fraction of sp³-hybridized carbons (Fsp3) is 0.929. The molecule has 0 bridgehead atoms. The van der Waals surface area contributed by atoms with Gasteiger partial charge in [0.15, 0.2) is 0 Å². The average Bonchev–Trinajstić information content (AvgIpc) is 1.91. The number of carboxylic acid groups (broad SMARTS) is 1. The molecule has 4 heteroatoms. The van der Waals surface area contributed by atoms with Crippen LogP contribution in [-0.4, -0.2) is 38.8 Å². The van der Waals surface area contributed by atoms with Gasteiger partial charge in [-0.05, 0) is 61.3 Å². The first kappa shape index (κ1) is 15.3. The molecule has 0 spiro atoms. The molecular formula is C14H28N2O2. The molecule has 1 amide bonds. The van der Waals surface area contributed by atoms with Gasteiger partial charge in [0.2, 0.25) is 0 Å². The number of carbonyl (C=O) groups is 1. The number of hydrogen-bond donors (Lipinski definition) is 2. The summed E-state index contributed by atoms with van der Waals surface area (Å²) in [7, 11) is 0. The lowest BCUT2D eigenvalue weighted by Gasteiger charge is -2.51. The van der Waals surface area contributed by atoms with E-state index in [2.05, 4.69) is 33.0 Å². The Balaban J connectivity index is 3.03. The van der Waals surface area contributed by atoms with Crippen molar-refractivity contribution in [3.63, 3.8) is 0 Å². The third-order valence-corrected chi connectivity index (χ3v) is 3.46. The molecule has 0 aliphatic carbocycles. The van der Waals surface area contributed by atoms with Gasteiger partial charge in [-0.2, -0.15) is 0 Å². The molecule has 0 saturated carbocycles. The maximum Gasteiger partial charge on any atom is 0.407 e. The first-order chi connectivity index (χ1) is 7.84. The van der Waals surface area contributed by atoms with Crippen molar-refractivity contribution in [1.29, 1.82) is 0 Å². The van der Waals surface area contributed by atoms with Gasteiger partial charge < -0.3 is 15.3 Å². The van der Waals surface area contributed by atoms with Gasteiger partial charge in [0.25, 0.3) is 0 Å². The van der Waals surface area contributed by atoms with Crippen molar-refractivity contribution in [2.24, 2.45) is 0 Å². The lowest BCUT2D eigenvalue weighted by molar-refractivity contribution is 0.0202. The van der Waals surface area contributed by atoms with Crippen LogP contribution in [0.15, 0.2) is 0 Å². The summed E-state index contributed by atoms with van der Waals surface area (Å²) in [6, 6.07) is 0.0637.